The first-order valence-electron chi connectivity index (χ1n) is 7.33. The van der Waals surface area contributed by atoms with Gasteiger partial charge in [-0.2, -0.15) is 0 Å². The Hall–Kier alpha value is -0.610. The number of carbonyl (C=O) groups is 1. The minimum Gasteiger partial charge on any atom is -0.375 e. The highest BCUT2D eigenvalue weighted by Crippen LogP contribution is 2.43. The third-order valence-corrected chi connectivity index (χ3v) is 5.18. The molecule has 3 unspecified atom stereocenters. The van der Waals surface area contributed by atoms with Crippen molar-refractivity contribution in [3.05, 3.63) is 0 Å². The molecule has 3 N–H and O–H groups in total. The van der Waals surface area contributed by atoms with Crippen LogP contribution in [0, 0.1) is 11.3 Å². The smallest absolute Gasteiger partial charge is 0.220 e. The zero-order valence-corrected chi connectivity index (χ0v) is 11.0. The van der Waals surface area contributed by atoms with Gasteiger partial charge in [-0.15, -0.1) is 0 Å². The zero-order valence-electron chi connectivity index (χ0n) is 11.0. The molecule has 3 rings (SSSR count). The van der Waals surface area contributed by atoms with Crippen LogP contribution in [0.2, 0.25) is 0 Å². The van der Waals surface area contributed by atoms with Crippen molar-refractivity contribution in [1.29, 1.82) is 0 Å². The Morgan fingerprint density at radius 1 is 1.39 bits per heavy atom. The van der Waals surface area contributed by atoms with Crippen molar-refractivity contribution >= 4 is 5.91 Å². The van der Waals surface area contributed by atoms with E-state index in [1.807, 2.05) is 0 Å². The van der Waals surface area contributed by atoms with Gasteiger partial charge in [0.15, 0.2) is 0 Å². The molecule has 0 aromatic rings. The largest absolute Gasteiger partial charge is 0.375 e. The quantitative estimate of drug-likeness (QED) is 0.772. The molecule has 4 nitrogen and oxygen atoms in total. The van der Waals surface area contributed by atoms with Gasteiger partial charge in [0, 0.05) is 18.9 Å². The molecule has 4 heteroatoms. The predicted octanol–water partition coefficient (Wildman–Crippen LogP) is 1.19. The van der Waals surface area contributed by atoms with Gasteiger partial charge in [-0.25, -0.2) is 0 Å². The molecular weight excluding hydrogens is 228 g/mol. The van der Waals surface area contributed by atoms with Crippen LogP contribution in [0.5, 0.6) is 0 Å². The summed E-state index contributed by atoms with van der Waals surface area (Å²) in [7, 11) is 0. The average Bonchev–Trinajstić information content (AvgIpc) is 2.93. The summed E-state index contributed by atoms with van der Waals surface area (Å²) in [5, 5.41) is 3.09. The van der Waals surface area contributed by atoms with Crippen LogP contribution < -0.4 is 11.1 Å². The summed E-state index contributed by atoms with van der Waals surface area (Å²) in [5.74, 6) is 0.728. The van der Waals surface area contributed by atoms with Crippen molar-refractivity contribution < 1.29 is 9.53 Å². The van der Waals surface area contributed by atoms with Crippen LogP contribution in [0.4, 0.5) is 0 Å². The summed E-state index contributed by atoms with van der Waals surface area (Å²) < 4.78 is 5.80. The Bertz CT molecular complexity index is 322. The number of hydrogen-bond acceptors (Lipinski definition) is 3. The maximum Gasteiger partial charge on any atom is 0.220 e. The van der Waals surface area contributed by atoms with E-state index >= 15 is 0 Å². The number of rotatable bonds is 5. The molecule has 0 aromatic carbocycles. The van der Waals surface area contributed by atoms with Gasteiger partial charge in [-0.05, 0) is 44.1 Å². The van der Waals surface area contributed by atoms with Crippen LogP contribution in [0.3, 0.4) is 0 Å². The lowest BCUT2D eigenvalue weighted by atomic mass is 9.66. The molecule has 1 saturated carbocycles. The molecular formula is C14H24N2O2. The molecule has 0 radical (unpaired) electrons. The summed E-state index contributed by atoms with van der Waals surface area (Å²) in [6.07, 6.45) is 8.48. The normalized spacial score (nSPS) is 36.4. The molecule has 0 spiro atoms. The van der Waals surface area contributed by atoms with Crippen molar-refractivity contribution in [3.63, 3.8) is 0 Å². The van der Waals surface area contributed by atoms with Crippen LogP contribution >= 0.6 is 0 Å². The predicted molar refractivity (Wildman–Crippen MR) is 69.0 cm³/mol. The van der Waals surface area contributed by atoms with Gasteiger partial charge in [0.25, 0.3) is 0 Å². The molecule has 102 valence electrons. The second-order valence-corrected chi connectivity index (χ2v) is 6.41. The number of hydrogen-bond donors (Lipinski definition) is 2. The molecule has 0 aromatic heterocycles. The fourth-order valence-corrected chi connectivity index (χ4v) is 3.74. The first-order chi connectivity index (χ1) is 8.71. The Balaban J connectivity index is 1.42. The van der Waals surface area contributed by atoms with Crippen LogP contribution in [0.25, 0.3) is 0 Å². The van der Waals surface area contributed by atoms with E-state index in [-0.39, 0.29) is 11.3 Å². The van der Waals surface area contributed by atoms with Gasteiger partial charge in [0.1, 0.15) is 0 Å². The minimum atomic E-state index is 0.120. The van der Waals surface area contributed by atoms with Crippen molar-refractivity contribution in [2.24, 2.45) is 17.1 Å². The number of carbonyl (C=O) groups excluding carboxylic acids is 1. The van der Waals surface area contributed by atoms with E-state index in [4.69, 9.17) is 10.5 Å². The van der Waals surface area contributed by atoms with Gasteiger partial charge < -0.3 is 15.8 Å². The second-order valence-electron chi connectivity index (χ2n) is 6.41. The van der Waals surface area contributed by atoms with Crippen LogP contribution in [-0.2, 0) is 9.53 Å². The van der Waals surface area contributed by atoms with Crippen molar-refractivity contribution in [2.75, 3.05) is 13.1 Å². The summed E-state index contributed by atoms with van der Waals surface area (Å²) in [4.78, 5) is 12.0. The summed E-state index contributed by atoms with van der Waals surface area (Å²) in [5.41, 5.74) is 5.91. The Labute approximate surface area is 109 Å². The number of fused-ring (bicyclic) bond motifs is 2. The summed E-state index contributed by atoms with van der Waals surface area (Å²) in [6.45, 7) is 1.44. The SMILES string of the molecule is NCC1(CC(=O)NCC2CC3CCC2O3)CCC1. The highest BCUT2D eigenvalue weighted by molar-refractivity contribution is 5.76. The van der Waals surface area contributed by atoms with E-state index in [1.54, 1.807) is 0 Å². The van der Waals surface area contributed by atoms with Gasteiger partial charge >= 0.3 is 0 Å². The highest BCUT2D eigenvalue weighted by Gasteiger charge is 2.41. The fourth-order valence-electron chi connectivity index (χ4n) is 3.74. The summed E-state index contributed by atoms with van der Waals surface area (Å²) in [6, 6.07) is 0. The fraction of sp³-hybridized carbons (Fsp3) is 0.929. The summed E-state index contributed by atoms with van der Waals surface area (Å²) >= 11 is 0. The lowest BCUT2D eigenvalue weighted by Gasteiger charge is -2.40. The van der Waals surface area contributed by atoms with E-state index in [9.17, 15) is 4.79 Å². The molecule has 18 heavy (non-hydrogen) atoms. The number of nitrogens with one attached hydrogen (secondary N) is 1. The van der Waals surface area contributed by atoms with Crippen molar-refractivity contribution in [3.8, 4) is 0 Å². The van der Waals surface area contributed by atoms with Gasteiger partial charge in [-0.3, -0.25) is 4.79 Å². The topological polar surface area (TPSA) is 64.4 Å². The maximum atomic E-state index is 12.0. The second kappa shape index (κ2) is 4.82. The maximum absolute atomic E-state index is 12.0. The first kappa shape index (κ1) is 12.4. The van der Waals surface area contributed by atoms with Crippen LogP contribution in [0.1, 0.15) is 44.9 Å². The molecule has 2 bridgehead atoms. The third kappa shape index (κ3) is 2.28. The Morgan fingerprint density at radius 3 is 2.72 bits per heavy atom. The number of ether oxygens (including phenoxy) is 1. The van der Waals surface area contributed by atoms with E-state index in [1.165, 1.54) is 19.3 Å². The highest BCUT2D eigenvalue weighted by atomic mass is 16.5. The van der Waals surface area contributed by atoms with E-state index in [0.717, 1.165) is 25.8 Å². The first-order valence-corrected chi connectivity index (χ1v) is 7.33. The van der Waals surface area contributed by atoms with E-state index < -0.39 is 0 Å². The number of nitrogens with two attached hydrogens (primary N) is 1. The minimum absolute atomic E-state index is 0.120. The lowest BCUT2D eigenvalue weighted by molar-refractivity contribution is -0.125. The van der Waals surface area contributed by atoms with E-state index in [2.05, 4.69) is 5.32 Å². The van der Waals surface area contributed by atoms with Crippen LogP contribution in [0.15, 0.2) is 0 Å². The monoisotopic (exact) mass is 252 g/mol. The van der Waals surface area contributed by atoms with E-state index in [0.29, 0.717) is 31.1 Å². The molecule has 1 amide bonds. The van der Waals surface area contributed by atoms with Gasteiger partial charge in [0.05, 0.1) is 12.2 Å². The molecule has 1 aliphatic carbocycles. The lowest BCUT2D eigenvalue weighted by Crippen LogP contribution is -2.43. The molecule has 3 aliphatic rings. The standard InChI is InChI=1S/C14H24N2O2/c15-9-14(4-1-5-14)7-13(17)16-8-10-6-11-2-3-12(10)18-11/h10-12H,1-9,15H2,(H,16,17). The van der Waals surface area contributed by atoms with Crippen molar-refractivity contribution in [1.82, 2.24) is 5.32 Å². The molecule has 2 heterocycles. The average molecular weight is 252 g/mol. The molecule has 2 saturated heterocycles. The molecule has 3 atom stereocenters. The Kier molecular flexibility index (Phi) is 3.32. The third-order valence-electron chi connectivity index (χ3n) is 5.18. The molecule has 2 aliphatic heterocycles. The molecule has 3 fully saturated rings. The zero-order chi connectivity index (χ0) is 12.6. The number of amides is 1. The van der Waals surface area contributed by atoms with Gasteiger partial charge in [-0.1, -0.05) is 6.42 Å². The van der Waals surface area contributed by atoms with Gasteiger partial charge in [0.2, 0.25) is 5.91 Å². The Morgan fingerprint density at radius 2 is 2.22 bits per heavy atom. The van der Waals surface area contributed by atoms with Crippen LogP contribution in [-0.4, -0.2) is 31.2 Å². The van der Waals surface area contributed by atoms with Crippen molar-refractivity contribution in [2.45, 2.75) is 57.2 Å².